The maximum atomic E-state index is 6.14. The minimum absolute atomic E-state index is 0.374. The predicted molar refractivity (Wildman–Crippen MR) is 55.1 cm³/mol. The molecule has 13 heavy (non-hydrogen) atoms. The van der Waals surface area contributed by atoms with Gasteiger partial charge in [-0.1, -0.05) is 12.5 Å². The van der Waals surface area contributed by atoms with Crippen LogP contribution in [0, 0.1) is 0 Å². The van der Waals surface area contributed by atoms with Crippen LogP contribution < -0.4 is 0 Å². The van der Waals surface area contributed by atoms with Crippen LogP contribution in [-0.2, 0) is 0 Å². The summed E-state index contributed by atoms with van der Waals surface area (Å²) in [5.41, 5.74) is 1.35. The Morgan fingerprint density at radius 3 is 3.00 bits per heavy atom. The first-order chi connectivity index (χ1) is 6.36. The third-order valence-electron chi connectivity index (χ3n) is 2.77. The fourth-order valence-electron chi connectivity index (χ4n) is 2.05. The van der Waals surface area contributed by atoms with Crippen molar-refractivity contribution in [3.8, 4) is 0 Å². The average molecular weight is 196 g/mol. The molecular formula is C11H14ClN. The molecule has 0 N–H and O–H groups in total. The summed E-state index contributed by atoms with van der Waals surface area (Å²) in [6.45, 7) is 0. The first kappa shape index (κ1) is 9.01. The van der Waals surface area contributed by atoms with E-state index in [2.05, 4.69) is 11.1 Å². The molecular weight excluding hydrogens is 182 g/mol. The van der Waals surface area contributed by atoms with Crippen LogP contribution in [0.3, 0.4) is 0 Å². The summed E-state index contributed by atoms with van der Waals surface area (Å²) in [7, 11) is 0. The second-order valence-corrected chi connectivity index (χ2v) is 4.36. The van der Waals surface area contributed by atoms with Crippen molar-refractivity contribution in [1.82, 2.24) is 4.98 Å². The number of pyridine rings is 1. The van der Waals surface area contributed by atoms with Gasteiger partial charge in [0.1, 0.15) is 0 Å². The maximum Gasteiger partial charge on any atom is 0.0341 e. The van der Waals surface area contributed by atoms with Gasteiger partial charge in [0, 0.05) is 17.8 Å². The smallest absolute Gasteiger partial charge is 0.0341 e. The Balaban J connectivity index is 2.08. The predicted octanol–water partition coefficient (Wildman–Crippen LogP) is 3.35. The molecule has 0 saturated heterocycles. The lowest BCUT2D eigenvalue weighted by molar-refractivity contribution is 0.449. The van der Waals surface area contributed by atoms with E-state index >= 15 is 0 Å². The van der Waals surface area contributed by atoms with E-state index in [1.807, 2.05) is 18.5 Å². The molecule has 1 nitrogen and oxygen atoms in total. The van der Waals surface area contributed by atoms with Gasteiger partial charge in [0.15, 0.2) is 0 Å². The van der Waals surface area contributed by atoms with Gasteiger partial charge >= 0.3 is 0 Å². The van der Waals surface area contributed by atoms with Crippen molar-refractivity contribution in [2.75, 3.05) is 0 Å². The summed E-state index contributed by atoms with van der Waals surface area (Å²) < 4.78 is 0. The van der Waals surface area contributed by atoms with Crippen LogP contribution in [0.4, 0.5) is 0 Å². The molecule has 2 heteroatoms. The van der Waals surface area contributed by atoms with Crippen molar-refractivity contribution >= 4 is 11.6 Å². The second-order valence-electron chi connectivity index (χ2n) is 3.75. The van der Waals surface area contributed by atoms with E-state index in [4.69, 9.17) is 11.6 Å². The van der Waals surface area contributed by atoms with Crippen LogP contribution in [0.15, 0.2) is 24.5 Å². The summed E-state index contributed by atoms with van der Waals surface area (Å²) in [5.74, 6) is 0.643. The lowest BCUT2D eigenvalue weighted by Crippen LogP contribution is -2.13. The van der Waals surface area contributed by atoms with E-state index in [0.29, 0.717) is 11.3 Å². The number of alkyl halides is 1. The normalized spacial score (nSPS) is 28.7. The number of halogens is 1. The van der Waals surface area contributed by atoms with Gasteiger partial charge in [0.2, 0.25) is 0 Å². The van der Waals surface area contributed by atoms with Gasteiger partial charge in [0.05, 0.1) is 0 Å². The lowest BCUT2D eigenvalue weighted by atomic mass is 9.84. The van der Waals surface area contributed by atoms with E-state index in [9.17, 15) is 0 Å². The van der Waals surface area contributed by atoms with E-state index in [1.54, 1.807) is 0 Å². The first-order valence-corrected chi connectivity index (χ1v) is 5.34. The fourth-order valence-corrected chi connectivity index (χ4v) is 2.42. The monoisotopic (exact) mass is 195 g/mol. The highest BCUT2D eigenvalue weighted by molar-refractivity contribution is 6.20. The highest BCUT2D eigenvalue weighted by Gasteiger charge is 2.21. The quantitative estimate of drug-likeness (QED) is 0.627. The molecule has 2 atom stereocenters. The average Bonchev–Trinajstić information content (AvgIpc) is 2.19. The molecule has 1 heterocycles. The molecule has 70 valence electrons. The molecule has 0 aliphatic heterocycles. The van der Waals surface area contributed by atoms with Gasteiger partial charge in [-0.2, -0.15) is 0 Å². The summed E-state index contributed by atoms with van der Waals surface area (Å²) in [6.07, 6.45) is 8.62. The van der Waals surface area contributed by atoms with Crippen molar-refractivity contribution in [2.45, 2.75) is 37.0 Å². The Labute approximate surface area is 84.1 Å². The van der Waals surface area contributed by atoms with Crippen LogP contribution in [-0.4, -0.2) is 10.4 Å². The van der Waals surface area contributed by atoms with E-state index in [1.165, 1.54) is 24.8 Å². The summed E-state index contributed by atoms with van der Waals surface area (Å²) >= 11 is 6.14. The van der Waals surface area contributed by atoms with Crippen LogP contribution in [0.1, 0.15) is 37.2 Å². The van der Waals surface area contributed by atoms with Gasteiger partial charge in [0.25, 0.3) is 0 Å². The van der Waals surface area contributed by atoms with Crippen molar-refractivity contribution in [2.24, 2.45) is 0 Å². The summed E-state index contributed by atoms with van der Waals surface area (Å²) in [5, 5.41) is 0.374. The molecule has 1 aromatic rings. The highest BCUT2D eigenvalue weighted by atomic mass is 35.5. The molecule has 1 aliphatic rings. The van der Waals surface area contributed by atoms with Crippen LogP contribution in [0.5, 0.6) is 0 Å². The third-order valence-corrected chi connectivity index (χ3v) is 3.16. The largest absolute Gasteiger partial charge is 0.264 e. The molecule has 2 rings (SSSR count). The standard InChI is InChI=1S/C11H14ClN/c12-11-5-1-3-9(7-11)10-4-2-6-13-8-10/h2,4,6,8-9,11H,1,3,5,7H2. The third kappa shape index (κ3) is 2.22. The zero-order valence-corrected chi connectivity index (χ0v) is 8.37. The topological polar surface area (TPSA) is 12.9 Å². The second kappa shape index (κ2) is 4.10. The van der Waals surface area contributed by atoms with E-state index in [-0.39, 0.29) is 0 Å². The van der Waals surface area contributed by atoms with Crippen LogP contribution in [0.2, 0.25) is 0 Å². The van der Waals surface area contributed by atoms with Crippen LogP contribution >= 0.6 is 11.6 Å². The number of aromatic nitrogens is 1. The van der Waals surface area contributed by atoms with Gasteiger partial charge in [-0.3, -0.25) is 4.98 Å². The van der Waals surface area contributed by atoms with Gasteiger partial charge < -0.3 is 0 Å². The molecule has 0 aromatic carbocycles. The Bertz CT molecular complexity index is 260. The summed E-state index contributed by atoms with van der Waals surface area (Å²) in [4.78, 5) is 4.14. The van der Waals surface area contributed by atoms with Gasteiger partial charge in [-0.25, -0.2) is 0 Å². The molecule has 1 fully saturated rings. The Hall–Kier alpha value is -0.560. The zero-order chi connectivity index (χ0) is 9.10. The fraction of sp³-hybridized carbons (Fsp3) is 0.545. The molecule has 0 radical (unpaired) electrons. The minimum Gasteiger partial charge on any atom is -0.264 e. The molecule has 0 spiro atoms. The number of hydrogen-bond acceptors (Lipinski definition) is 1. The Morgan fingerprint density at radius 2 is 2.31 bits per heavy atom. The zero-order valence-electron chi connectivity index (χ0n) is 7.62. The maximum absolute atomic E-state index is 6.14. The molecule has 0 amide bonds. The van der Waals surface area contributed by atoms with Crippen LogP contribution in [0.25, 0.3) is 0 Å². The number of hydrogen-bond donors (Lipinski definition) is 0. The van der Waals surface area contributed by atoms with Crippen molar-refractivity contribution in [1.29, 1.82) is 0 Å². The summed E-state index contributed by atoms with van der Waals surface area (Å²) in [6, 6.07) is 4.17. The number of nitrogens with zero attached hydrogens (tertiary/aromatic N) is 1. The number of rotatable bonds is 1. The molecule has 1 saturated carbocycles. The van der Waals surface area contributed by atoms with Gasteiger partial charge in [-0.15, -0.1) is 11.6 Å². The Kier molecular flexibility index (Phi) is 2.84. The van der Waals surface area contributed by atoms with Gasteiger partial charge in [-0.05, 0) is 36.8 Å². The van der Waals surface area contributed by atoms with E-state index in [0.717, 1.165) is 6.42 Å². The highest BCUT2D eigenvalue weighted by Crippen LogP contribution is 2.34. The molecule has 0 bridgehead atoms. The molecule has 2 unspecified atom stereocenters. The van der Waals surface area contributed by atoms with Crippen molar-refractivity contribution in [3.05, 3.63) is 30.1 Å². The molecule has 1 aliphatic carbocycles. The lowest BCUT2D eigenvalue weighted by Gasteiger charge is -2.25. The van der Waals surface area contributed by atoms with Crippen molar-refractivity contribution in [3.63, 3.8) is 0 Å². The van der Waals surface area contributed by atoms with E-state index < -0.39 is 0 Å². The van der Waals surface area contributed by atoms with Crippen molar-refractivity contribution < 1.29 is 0 Å². The molecule has 1 aromatic heterocycles. The minimum atomic E-state index is 0.374. The first-order valence-electron chi connectivity index (χ1n) is 4.90. The SMILES string of the molecule is ClC1CCCC(c2cccnc2)C1. The Morgan fingerprint density at radius 1 is 1.38 bits per heavy atom.